The van der Waals surface area contributed by atoms with Gasteiger partial charge in [0.1, 0.15) is 0 Å². The van der Waals surface area contributed by atoms with Crippen molar-refractivity contribution in [2.45, 2.75) is 18.9 Å². The molecule has 0 saturated carbocycles. The van der Waals surface area contributed by atoms with Crippen LogP contribution in [0, 0.1) is 0 Å². The maximum atomic E-state index is 4.52. The lowest BCUT2D eigenvalue weighted by Crippen LogP contribution is -2.24. The van der Waals surface area contributed by atoms with E-state index < -0.39 is 0 Å². The van der Waals surface area contributed by atoms with E-state index in [0.29, 0.717) is 6.04 Å². The molecule has 0 bridgehead atoms. The van der Waals surface area contributed by atoms with Crippen molar-refractivity contribution in [3.63, 3.8) is 0 Å². The molecule has 0 aromatic heterocycles. The second kappa shape index (κ2) is 5.05. The summed E-state index contributed by atoms with van der Waals surface area (Å²) in [7, 11) is 0. The molecule has 0 saturated heterocycles. The van der Waals surface area contributed by atoms with E-state index in [0.717, 1.165) is 18.6 Å². The third kappa shape index (κ3) is 2.28. The van der Waals surface area contributed by atoms with Gasteiger partial charge < -0.3 is 5.43 Å². The molecule has 90 valence electrons. The number of nitrogens with one attached hydrogen (secondary N) is 1. The van der Waals surface area contributed by atoms with Crippen LogP contribution in [-0.2, 0) is 0 Å². The molecule has 0 amide bonds. The van der Waals surface area contributed by atoms with Gasteiger partial charge in [-0.2, -0.15) is 5.10 Å². The summed E-state index contributed by atoms with van der Waals surface area (Å²) in [6, 6.07) is 21.2. The largest absolute Gasteiger partial charge is 0.302 e. The minimum Gasteiger partial charge on any atom is -0.302 e. The molecule has 2 aromatic carbocycles. The zero-order valence-electron chi connectivity index (χ0n) is 10.2. The molecule has 1 atom stereocenters. The molecular weight excluding hydrogens is 220 g/mol. The van der Waals surface area contributed by atoms with E-state index in [4.69, 9.17) is 0 Å². The van der Waals surface area contributed by atoms with Gasteiger partial charge >= 0.3 is 0 Å². The fourth-order valence-electron chi connectivity index (χ4n) is 2.32. The van der Waals surface area contributed by atoms with Gasteiger partial charge in [-0.15, -0.1) is 0 Å². The fourth-order valence-corrected chi connectivity index (χ4v) is 2.32. The molecule has 1 aliphatic rings. The first-order chi connectivity index (χ1) is 8.93. The molecule has 3 rings (SSSR count). The summed E-state index contributed by atoms with van der Waals surface area (Å²) < 4.78 is 0. The van der Waals surface area contributed by atoms with Gasteiger partial charge in [0.2, 0.25) is 0 Å². The highest BCUT2D eigenvalue weighted by Gasteiger charge is 2.17. The van der Waals surface area contributed by atoms with Crippen molar-refractivity contribution in [3.8, 4) is 0 Å². The summed E-state index contributed by atoms with van der Waals surface area (Å²) in [5, 5.41) is 4.52. The topological polar surface area (TPSA) is 24.4 Å². The minimum absolute atomic E-state index is 0.346. The highest BCUT2D eigenvalue weighted by Crippen LogP contribution is 2.23. The van der Waals surface area contributed by atoms with Crippen LogP contribution in [0.2, 0.25) is 0 Å². The van der Waals surface area contributed by atoms with Crippen LogP contribution >= 0.6 is 0 Å². The monoisotopic (exact) mass is 236 g/mol. The van der Waals surface area contributed by atoms with Crippen LogP contribution in [0.1, 0.15) is 30.0 Å². The normalized spacial score (nSPS) is 18.9. The molecule has 2 heteroatoms. The van der Waals surface area contributed by atoms with Crippen molar-refractivity contribution < 1.29 is 0 Å². The lowest BCUT2D eigenvalue weighted by molar-refractivity contribution is 0.505. The Hall–Kier alpha value is -2.09. The molecule has 0 aliphatic carbocycles. The molecule has 2 nitrogen and oxygen atoms in total. The van der Waals surface area contributed by atoms with Crippen molar-refractivity contribution in [3.05, 3.63) is 71.8 Å². The molecule has 0 radical (unpaired) electrons. The Labute approximate surface area is 107 Å². The van der Waals surface area contributed by atoms with Crippen LogP contribution in [0.3, 0.4) is 0 Å². The van der Waals surface area contributed by atoms with Crippen molar-refractivity contribution in [2.75, 3.05) is 0 Å². The first kappa shape index (κ1) is 11.0. The van der Waals surface area contributed by atoms with Crippen molar-refractivity contribution in [2.24, 2.45) is 5.10 Å². The van der Waals surface area contributed by atoms with Crippen LogP contribution < -0.4 is 5.43 Å². The fraction of sp³-hybridized carbons (Fsp3) is 0.188. The molecule has 2 aromatic rings. The molecule has 0 fully saturated rings. The number of nitrogens with zero attached hydrogens (tertiary/aromatic N) is 1. The number of hydrogen-bond acceptors (Lipinski definition) is 2. The van der Waals surface area contributed by atoms with E-state index in [1.807, 2.05) is 12.1 Å². The quantitative estimate of drug-likeness (QED) is 0.847. The summed E-state index contributed by atoms with van der Waals surface area (Å²) in [4.78, 5) is 0. The third-order valence-electron chi connectivity index (χ3n) is 3.33. The van der Waals surface area contributed by atoms with E-state index >= 15 is 0 Å². The minimum atomic E-state index is 0.346. The van der Waals surface area contributed by atoms with Crippen molar-refractivity contribution in [1.82, 2.24) is 5.43 Å². The Kier molecular flexibility index (Phi) is 3.09. The molecule has 1 N–H and O–H groups in total. The van der Waals surface area contributed by atoms with Gasteiger partial charge in [-0.25, -0.2) is 0 Å². The van der Waals surface area contributed by atoms with E-state index in [2.05, 4.69) is 59.1 Å². The smallest absolute Gasteiger partial charge is 0.0693 e. The summed E-state index contributed by atoms with van der Waals surface area (Å²) in [5.41, 5.74) is 6.96. The average molecular weight is 236 g/mol. The van der Waals surface area contributed by atoms with E-state index in [9.17, 15) is 0 Å². The lowest BCUT2D eigenvalue weighted by Gasteiger charge is -2.23. The SMILES string of the molecule is c1ccc(C2=NNC(c3ccccc3)CC2)cc1. The van der Waals surface area contributed by atoms with Gasteiger partial charge in [0, 0.05) is 0 Å². The zero-order chi connectivity index (χ0) is 12.2. The van der Waals surface area contributed by atoms with E-state index in [1.54, 1.807) is 0 Å². The van der Waals surface area contributed by atoms with Crippen LogP contribution in [0.5, 0.6) is 0 Å². The van der Waals surface area contributed by atoms with Gasteiger partial charge in [0.05, 0.1) is 11.8 Å². The Bertz CT molecular complexity index is 532. The number of benzene rings is 2. The van der Waals surface area contributed by atoms with Crippen LogP contribution in [0.15, 0.2) is 65.8 Å². The predicted octanol–water partition coefficient (Wildman–Crippen LogP) is 3.52. The van der Waals surface area contributed by atoms with E-state index in [-0.39, 0.29) is 0 Å². The van der Waals surface area contributed by atoms with Crippen LogP contribution in [0.25, 0.3) is 0 Å². The maximum absolute atomic E-state index is 4.52. The standard InChI is InChI=1S/C16H16N2/c1-3-7-13(8-4-1)15-11-12-16(18-17-15)14-9-5-2-6-10-14/h1-10,15,17H,11-12H2. The van der Waals surface area contributed by atoms with Gasteiger partial charge in [0.25, 0.3) is 0 Å². The summed E-state index contributed by atoms with van der Waals surface area (Å²) in [6.45, 7) is 0. The molecule has 0 spiro atoms. The Morgan fingerprint density at radius 1 is 0.889 bits per heavy atom. The molecule has 1 unspecified atom stereocenters. The second-order valence-corrected chi connectivity index (χ2v) is 4.56. The Balaban J connectivity index is 1.76. The van der Waals surface area contributed by atoms with Crippen molar-refractivity contribution in [1.29, 1.82) is 0 Å². The van der Waals surface area contributed by atoms with Gasteiger partial charge in [0.15, 0.2) is 0 Å². The average Bonchev–Trinajstić information content (AvgIpc) is 2.49. The van der Waals surface area contributed by atoms with Gasteiger partial charge in [-0.3, -0.25) is 0 Å². The number of rotatable bonds is 2. The summed E-state index contributed by atoms with van der Waals surface area (Å²) >= 11 is 0. The highest BCUT2D eigenvalue weighted by atomic mass is 15.3. The first-order valence-electron chi connectivity index (χ1n) is 6.36. The van der Waals surface area contributed by atoms with E-state index in [1.165, 1.54) is 11.1 Å². The maximum Gasteiger partial charge on any atom is 0.0693 e. The summed E-state index contributed by atoms with van der Waals surface area (Å²) in [6.07, 6.45) is 2.12. The third-order valence-corrected chi connectivity index (χ3v) is 3.33. The number of hydrazone groups is 1. The van der Waals surface area contributed by atoms with Gasteiger partial charge in [-0.1, -0.05) is 60.7 Å². The molecule has 1 heterocycles. The van der Waals surface area contributed by atoms with Crippen LogP contribution in [0.4, 0.5) is 0 Å². The number of hydrogen-bond donors (Lipinski definition) is 1. The second-order valence-electron chi connectivity index (χ2n) is 4.56. The Morgan fingerprint density at radius 3 is 2.17 bits per heavy atom. The first-order valence-corrected chi connectivity index (χ1v) is 6.36. The summed E-state index contributed by atoms with van der Waals surface area (Å²) in [5.74, 6) is 0. The zero-order valence-corrected chi connectivity index (χ0v) is 10.2. The lowest BCUT2D eigenvalue weighted by atomic mass is 9.97. The van der Waals surface area contributed by atoms with Crippen molar-refractivity contribution >= 4 is 5.71 Å². The van der Waals surface area contributed by atoms with Gasteiger partial charge in [-0.05, 0) is 24.0 Å². The highest BCUT2D eigenvalue weighted by molar-refractivity contribution is 6.00. The molecule has 18 heavy (non-hydrogen) atoms. The Morgan fingerprint density at radius 2 is 1.56 bits per heavy atom. The predicted molar refractivity (Wildman–Crippen MR) is 74.5 cm³/mol. The molecular formula is C16H16N2. The van der Waals surface area contributed by atoms with Crippen LogP contribution in [-0.4, -0.2) is 5.71 Å². The molecule has 1 aliphatic heterocycles.